The molecule has 206 valence electrons. The lowest BCUT2D eigenvalue weighted by molar-refractivity contribution is -0.135. The van der Waals surface area contributed by atoms with Crippen molar-refractivity contribution in [1.82, 2.24) is 40.1 Å². The molecule has 0 aliphatic carbocycles. The van der Waals surface area contributed by atoms with E-state index in [2.05, 4.69) is 48.7 Å². The summed E-state index contributed by atoms with van der Waals surface area (Å²) in [7, 11) is 5.43. The fourth-order valence-corrected chi connectivity index (χ4v) is 3.30. The minimum Gasteiger partial charge on any atom is -0.354 e. The monoisotopic (exact) mass is 540 g/mol. The van der Waals surface area contributed by atoms with Gasteiger partial charge in [-0.15, -0.1) is 4.80 Å². The highest BCUT2D eigenvalue weighted by Crippen LogP contribution is 2.16. The largest absolute Gasteiger partial charge is 0.354 e. The molecule has 0 saturated carbocycles. The van der Waals surface area contributed by atoms with E-state index in [-0.39, 0.29) is 11.8 Å². The fourth-order valence-electron chi connectivity index (χ4n) is 3.30. The molecule has 0 unspecified atom stereocenters. The van der Waals surface area contributed by atoms with Gasteiger partial charge in [0.25, 0.3) is 0 Å². The van der Waals surface area contributed by atoms with Crippen LogP contribution in [0.2, 0.25) is 0 Å². The molecule has 2 N–H and O–H groups in total. The number of carbonyl (C=O) groups excluding carboxylic acids is 2. The highest BCUT2D eigenvalue weighted by molar-refractivity contribution is 5.92. The maximum Gasteiger partial charge on any atom is 0.246 e. The molecule has 2 aromatic heterocycles. The number of amides is 2. The summed E-state index contributed by atoms with van der Waals surface area (Å²) in [6.07, 6.45) is 9.07. The Hall–Kier alpha value is -5.07. The number of benzene rings is 1. The number of carbonyl (C=O) groups is 2. The first-order chi connectivity index (χ1) is 19.3. The van der Waals surface area contributed by atoms with Crippen LogP contribution in [-0.4, -0.2) is 86.9 Å². The van der Waals surface area contributed by atoms with E-state index in [4.69, 9.17) is 5.26 Å². The maximum atomic E-state index is 12.5. The molecule has 0 spiro atoms. The van der Waals surface area contributed by atoms with Crippen molar-refractivity contribution < 1.29 is 9.59 Å². The lowest BCUT2D eigenvalue weighted by atomic mass is 10.2. The van der Waals surface area contributed by atoms with Crippen LogP contribution in [0.1, 0.15) is 30.9 Å². The molecule has 2 heterocycles. The van der Waals surface area contributed by atoms with E-state index in [1.54, 1.807) is 62.9 Å². The average Bonchev–Trinajstić information content (AvgIpc) is 3.49. The number of hydrogen-bond donors (Lipinski definition) is 2. The minimum absolute atomic E-state index is 0.224. The van der Waals surface area contributed by atoms with Gasteiger partial charge in [0.05, 0.1) is 35.8 Å². The van der Waals surface area contributed by atoms with E-state index >= 15 is 0 Å². The first kappa shape index (κ1) is 29.5. The van der Waals surface area contributed by atoms with Gasteiger partial charge in [-0.25, -0.2) is 4.98 Å². The molecular weight excluding hydrogens is 508 g/mol. The van der Waals surface area contributed by atoms with Gasteiger partial charge < -0.3 is 20.4 Å². The summed E-state index contributed by atoms with van der Waals surface area (Å²) in [5.41, 5.74) is 1.82. The van der Waals surface area contributed by atoms with Crippen LogP contribution in [0.15, 0.2) is 55.0 Å². The molecule has 0 aliphatic heterocycles. The Morgan fingerprint density at radius 1 is 1.15 bits per heavy atom. The first-order valence-electron chi connectivity index (χ1n) is 12.6. The number of nitrogens with zero attached hydrogens (tertiary/aromatic N) is 8. The number of aromatic nitrogens is 5. The number of unbranched alkanes of at least 4 members (excludes halogenated alkanes) is 1. The third-order valence-electron chi connectivity index (χ3n) is 5.69. The van der Waals surface area contributed by atoms with Crippen molar-refractivity contribution in [2.45, 2.75) is 25.8 Å². The van der Waals surface area contributed by atoms with Gasteiger partial charge >= 0.3 is 0 Å². The van der Waals surface area contributed by atoms with Gasteiger partial charge in [-0.1, -0.05) is 17.9 Å². The number of anilines is 2. The Morgan fingerprint density at radius 3 is 2.55 bits per heavy atom. The number of rotatable bonds is 11. The fraction of sp³-hybridized carbons (Fsp3) is 0.321. The van der Waals surface area contributed by atoms with Gasteiger partial charge in [-0.05, 0) is 51.7 Å². The highest BCUT2D eigenvalue weighted by atomic mass is 16.2. The SMILES string of the molecule is C[C@@H](C(=O)NCCCC#Cc1cnc(Nc2ccc(C#N)cc2)nc1-n1nccn1)N(C)C(=O)C=CCN(C)C. The molecule has 1 aromatic carbocycles. The molecule has 0 saturated heterocycles. The van der Waals surface area contributed by atoms with Crippen LogP contribution in [0.4, 0.5) is 11.6 Å². The predicted molar refractivity (Wildman–Crippen MR) is 150 cm³/mol. The first-order valence-corrected chi connectivity index (χ1v) is 12.6. The summed E-state index contributed by atoms with van der Waals surface area (Å²) < 4.78 is 0. The van der Waals surface area contributed by atoms with Gasteiger partial charge in [0.1, 0.15) is 6.04 Å². The second kappa shape index (κ2) is 14.8. The van der Waals surface area contributed by atoms with E-state index in [1.165, 1.54) is 15.8 Å². The lowest BCUT2D eigenvalue weighted by Crippen LogP contribution is -2.45. The Labute approximate surface area is 233 Å². The molecule has 2 amide bonds. The van der Waals surface area contributed by atoms with Crippen LogP contribution in [0, 0.1) is 23.2 Å². The van der Waals surface area contributed by atoms with E-state index < -0.39 is 6.04 Å². The summed E-state index contributed by atoms with van der Waals surface area (Å²) in [5, 5.41) is 23.3. The standard InChI is InChI=1S/C28H32N10O2/c1-21(37(4)25(39)10-8-18-36(2)3)27(40)30-15-7-5-6-9-23-20-31-28(35-26(23)38-32-16-17-33-38)34-24-13-11-22(19-29)12-14-24/h8,10-14,16-17,20-21H,5,7,15,18H2,1-4H3,(H,30,40)(H,31,34,35)/t21-/m0/s1. The van der Waals surface area contributed by atoms with E-state index in [0.717, 1.165) is 5.69 Å². The van der Waals surface area contributed by atoms with E-state index in [0.29, 0.717) is 48.8 Å². The van der Waals surface area contributed by atoms with Crippen LogP contribution in [-0.2, 0) is 9.59 Å². The molecular formula is C28H32N10O2. The zero-order valence-corrected chi connectivity index (χ0v) is 23.0. The van der Waals surface area contributed by atoms with Crippen LogP contribution in [0.5, 0.6) is 0 Å². The van der Waals surface area contributed by atoms with Crippen molar-refractivity contribution in [3.63, 3.8) is 0 Å². The van der Waals surface area contributed by atoms with Crippen molar-refractivity contribution in [3.05, 3.63) is 66.1 Å². The smallest absolute Gasteiger partial charge is 0.246 e. The third kappa shape index (κ3) is 8.75. The normalized spacial score (nSPS) is 11.4. The number of nitrogens with one attached hydrogen (secondary N) is 2. The minimum atomic E-state index is -0.597. The summed E-state index contributed by atoms with van der Waals surface area (Å²) in [4.78, 5) is 38.3. The molecule has 40 heavy (non-hydrogen) atoms. The molecule has 0 fully saturated rings. The van der Waals surface area contributed by atoms with E-state index in [1.807, 2.05) is 19.0 Å². The maximum absolute atomic E-state index is 12.5. The van der Waals surface area contributed by atoms with Gasteiger partial charge in [0.2, 0.25) is 17.8 Å². The van der Waals surface area contributed by atoms with Gasteiger partial charge in [-0.3, -0.25) is 9.59 Å². The number of likely N-dealkylation sites (N-methyl/N-ethyl adjacent to an activating group) is 2. The molecule has 3 aromatic rings. The molecule has 0 radical (unpaired) electrons. The quantitative estimate of drug-likeness (QED) is 0.212. The zero-order chi connectivity index (χ0) is 28.9. The zero-order valence-electron chi connectivity index (χ0n) is 23.0. The van der Waals surface area contributed by atoms with Crippen LogP contribution in [0.3, 0.4) is 0 Å². The topological polar surface area (TPSA) is 145 Å². The summed E-state index contributed by atoms with van der Waals surface area (Å²) >= 11 is 0. The molecule has 0 bridgehead atoms. The van der Waals surface area contributed by atoms with Crippen molar-refractivity contribution in [2.75, 3.05) is 39.5 Å². The van der Waals surface area contributed by atoms with Crippen LogP contribution < -0.4 is 10.6 Å². The van der Waals surface area contributed by atoms with Crippen LogP contribution in [0.25, 0.3) is 5.82 Å². The Bertz CT molecular complexity index is 1410. The molecule has 0 aliphatic rings. The average molecular weight is 541 g/mol. The molecule has 12 heteroatoms. The van der Waals surface area contributed by atoms with Crippen molar-refractivity contribution in [2.24, 2.45) is 0 Å². The predicted octanol–water partition coefficient (Wildman–Crippen LogP) is 1.89. The Balaban J connectivity index is 1.55. The Kier molecular flexibility index (Phi) is 10.9. The van der Waals surface area contributed by atoms with Crippen molar-refractivity contribution >= 4 is 23.5 Å². The third-order valence-corrected chi connectivity index (χ3v) is 5.69. The number of hydrogen-bond acceptors (Lipinski definition) is 9. The lowest BCUT2D eigenvalue weighted by Gasteiger charge is -2.23. The van der Waals surface area contributed by atoms with Gasteiger partial charge in [-0.2, -0.15) is 20.4 Å². The van der Waals surface area contributed by atoms with Crippen molar-refractivity contribution in [1.29, 1.82) is 5.26 Å². The molecule has 1 atom stereocenters. The Morgan fingerprint density at radius 2 is 1.88 bits per heavy atom. The second-order valence-corrected chi connectivity index (χ2v) is 9.05. The molecule has 3 rings (SSSR count). The highest BCUT2D eigenvalue weighted by Gasteiger charge is 2.20. The van der Waals surface area contributed by atoms with E-state index in [9.17, 15) is 9.59 Å². The van der Waals surface area contributed by atoms with Crippen molar-refractivity contribution in [3.8, 4) is 23.7 Å². The summed E-state index contributed by atoms with van der Waals surface area (Å²) in [6, 6.07) is 8.41. The van der Waals surface area contributed by atoms with Gasteiger partial charge in [0.15, 0.2) is 5.82 Å². The summed E-state index contributed by atoms with van der Waals surface area (Å²) in [5.74, 6) is 6.44. The van der Waals surface area contributed by atoms with Gasteiger partial charge in [0, 0.05) is 38.3 Å². The number of nitriles is 1. The second-order valence-electron chi connectivity index (χ2n) is 9.05. The van der Waals surface area contributed by atoms with Crippen LogP contribution >= 0.6 is 0 Å². The molecule has 12 nitrogen and oxygen atoms in total. The summed E-state index contributed by atoms with van der Waals surface area (Å²) in [6.45, 7) is 2.76.